The van der Waals surface area contributed by atoms with Gasteiger partial charge in [-0.15, -0.1) is 0 Å². The van der Waals surface area contributed by atoms with Crippen molar-refractivity contribution in [2.75, 3.05) is 18.0 Å². The lowest BCUT2D eigenvalue weighted by Crippen LogP contribution is -2.55. The van der Waals surface area contributed by atoms with Gasteiger partial charge in [0.1, 0.15) is 0 Å². The molecule has 118 valence electrons. The van der Waals surface area contributed by atoms with E-state index in [1.165, 1.54) is 0 Å². The van der Waals surface area contributed by atoms with E-state index in [1.807, 2.05) is 4.90 Å². The van der Waals surface area contributed by atoms with Gasteiger partial charge in [-0.1, -0.05) is 0 Å². The largest absolute Gasteiger partial charge is 0.367 e. The van der Waals surface area contributed by atoms with Crippen molar-refractivity contribution in [1.29, 1.82) is 0 Å². The van der Waals surface area contributed by atoms with Crippen LogP contribution < -0.4 is 21.7 Å². The topological polar surface area (TPSA) is 144 Å². The molecule has 0 saturated carbocycles. The van der Waals surface area contributed by atoms with Gasteiger partial charge in [-0.3, -0.25) is 14.4 Å². The average Bonchev–Trinajstić information content (AvgIpc) is 2.52. The highest BCUT2D eigenvalue weighted by Crippen LogP contribution is 2.20. The Morgan fingerprint density at radius 2 is 1.86 bits per heavy atom. The summed E-state index contributed by atoms with van der Waals surface area (Å²) in [6, 6.07) is 0.220. The number of hydrogen-bond acceptors (Lipinski definition) is 6. The summed E-state index contributed by atoms with van der Waals surface area (Å²) < 4.78 is 0. The van der Waals surface area contributed by atoms with E-state index in [-0.39, 0.29) is 0 Å². The second kappa shape index (κ2) is 6.83. The third kappa shape index (κ3) is 3.68. The third-order valence-electron chi connectivity index (χ3n) is 3.48. The van der Waals surface area contributed by atoms with E-state index in [2.05, 4.69) is 15.3 Å². The highest BCUT2D eigenvalue weighted by molar-refractivity contribution is 6.05. The lowest BCUT2D eigenvalue weighted by molar-refractivity contribution is -0.135. The van der Waals surface area contributed by atoms with Crippen LogP contribution in [-0.2, 0) is 14.4 Å². The Balaban J connectivity index is 2.01. The van der Waals surface area contributed by atoms with Crippen LogP contribution in [0.2, 0.25) is 0 Å². The number of carbonyl (C=O) groups is 3. The van der Waals surface area contributed by atoms with E-state index in [4.69, 9.17) is 11.5 Å². The van der Waals surface area contributed by atoms with Crippen LogP contribution in [0.4, 0.5) is 5.95 Å². The Labute approximate surface area is 127 Å². The van der Waals surface area contributed by atoms with E-state index in [1.54, 1.807) is 18.5 Å². The molecule has 1 aliphatic rings. The Morgan fingerprint density at radius 1 is 1.23 bits per heavy atom. The van der Waals surface area contributed by atoms with E-state index in [0.717, 1.165) is 13.0 Å². The molecular formula is C13H18N6O3. The van der Waals surface area contributed by atoms with Crippen LogP contribution >= 0.6 is 0 Å². The van der Waals surface area contributed by atoms with Crippen LogP contribution in [0.15, 0.2) is 18.5 Å². The number of aromatic nitrogens is 2. The summed E-state index contributed by atoms with van der Waals surface area (Å²) in [7, 11) is 0. The number of nitrogens with two attached hydrogens (primary N) is 2. The van der Waals surface area contributed by atoms with Gasteiger partial charge in [0, 0.05) is 25.5 Å². The van der Waals surface area contributed by atoms with Crippen LogP contribution in [0.25, 0.3) is 0 Å². The Kier molecular flexibility index (Phi) is 4.87. The molecule has 22 heavy (non-hydrogen) atoms. The number of amides is 3. The fraction of sp³-hybridized carbons (Fsp3) is 0.462. The van der Waals surface area contributed by atoms with Crippen LogP contribution in [0.5, 0.6) is 0 Å². The number of piperidine rings is 1. The number of primary amides is 2. The van der Waals surface area contributed by atoms with Crippen molar-refractivity contribution in [3.63, 3.8) is 0 Å². The minimum atomic E-state index is -1.49. The highest BCUT2D eigenvalue weighted by Gasteiger charge is 2.31. The molecule has 1 atom stereocenters. The molecule has 0 bridgehead atoms. The molecular weight excluding hydrogens is 288 g/mol. The van der Waals surface area contributed by atoms with Crippen molar-refractivity contribution in [3.8, 4) is 0 Å². The molecule has 9 nitrogen and oxygen atoms in total. The first-order chi connectivity index (χ1) is 10.5. The molecule has 3 amide bonds. The molecule has 2 rings (SSSR count). The Bertz CT molecular complexity index is 550. The van der Waals surface area contributed by atoms with Crippen molar-refractivity contribution < 1.29 is 14.4 Å². The normalized spacial score (nSPS) is 18.0. The molecule has 1 fully saturated rings. The van der Waals surface area contributed by atoms with Crippen LogP contribution in [0, 0.1) is 5.92 Å². The molecule has 1 aromatic heterocycles. The van der Waals surface area contributed by atoms with E-state index in [9.17, 15) is 14.4 Å². The lowest BCUT2D eigenvalue weighted by Gasteiger charge is -2.32. The van der Waals surface area contributed by atoms with Crippen molar-refractivity contribution in [2.24, 2.45) is 17.4 Å². The van der Waals surface area contributed by atoms with Crippen molar-refractivity contribution in [2.45, 2.75) is 18.9 Å². The zero-order valence-corrected chi connectivity index (χ0v) is 11.9. The van der Waals surface area contributed by atoms with Gasteiger partial charge in [-0.25, -0.2) is 9.97 Å². The third-order valence-corrected chi connectivity index (χ3v) is 3.48. The number of carbonyl (C=O) groups excluding carboxylic acids is 3. The minimum absolute atomic E-state index is 0.390. The second-order valence-electron chi connectivity index (χ2n) is 5.08. The standard InChI is InChI=1S/C13H18N6O3/c14-10(20)9(11(15)21)18-12(22)8-3-1-6-19(7-8)13-16-4-2-5-17-13/h2,4-5,8-9H,1,3,6-7H2,(H2,14,20)(H2,15,21)(H,18,22)/t8-/m0/s1. The highest BCUT2D eigenvalue weighted by atomic mass is 16.2. The predicted octanol–water partition coefficient (Wildman–Crippen LogP) is -1.85. The molecule has 1 aromatic rings. The summed E-state index contributed by atoms with van der Waals surface area (Å²) in [6.45, 7) is 1.14. The fourth-order valence-corrected chi connectivity index (χ4v) is 2.37. The summed E-state index contributed by atoms with van der Waals surface area (Å²) in [6.07, 6.45) is 4.66. The molecule has 0 radical (unpaired) electrons. The number of rotatable bonds is 5. The first-order valence-corrected chi connectivity index (χ1v) is 6.90. The molecule has 9 heteroatoms. The minimum Gasteiger partial charge on any atom is -0.367 e. The van der Waals surface area contributed by atoms with Gasteiger partial charge in [0.2, 0.25) is 23.7 Å². The van der Waals surface area contributed by atoms with Gasteiger partial charge >= 0.3 is 0 Å². The quantitative estimate of drug-likeness (QED) is 0.544. The zero-order chi connectivity index (χ0) is 16.1. The van der Waals surface area contributed by atoms with Crippen LogP contribution in [-0.4, -0.2) is 46.8 Å². The van der Waals surface area contributed by atoms with Crippen molar-refractivity contribution >= 4 is 23.7 Å². The molecule has 0 spiro atoms. The number of hydrogen-bond donors (Lipinski definition) is 3. The van der Waals surface area contributed by atoms with Gasteiger partial charge in [0.25, 0.3) is 0 Å². The zero-order valence-electron chi connectivity index (χ0n) is 11.9. The molecule has 5 N–H and O–H groups in total. The maximum atomic E-state index is 12.2. The van der Waals surface area contributed by atoms with E-state index < -0.39 is 29.7 Å². The maximum absolute atomic E-state index is 12.2. The van der Waals surface area contributed by atoms with Crippen molar-refractivity contribution in [3.05, 3.63) is 18.5 Å². The summed E-state index contributed by atoms with van der Waals surface area (Å²) in [5, 5.41) is 2.30. The molecule has 1 aliphatic heterocycles. The monoisotopic (exact) mass is 306 g/mol. The Morgan fingerprint density at radius 3 is 2.45 bits per heavy atom. The van der Waals surface area contributed by atoms with Crippen molar-refractivity contribution in [1.82, 2.24) is 15.3 Å². The van der Waals surface area contributed by atoms with Gasteiger partial charge < -0.3 is 21.7 Å². The number of nitrogens with one attached hydrogen (secondary N) is 1. The lowest BCUT2D eigenvalue weighted by atomic mass is 9.97. The average molecular weight is 306 g/mol. The van der Waals surface area contributed by atoms with Crippen LogP contribution in [0.1, 0.15) is 12.8 Å². The Hall–Kier alpha value is -2.71. The predicted molar refractivity (Wildman–Crippen MR) is 77.3 cm³/mol. The summed E-state index contributed by atoms with van der Waals surface area (Å²) in [4.78, 5) is 44.6. The van der Waals surface area contributed by atoms with Gasteiger partial charge in [-0.2, -0.15) is 0 Å². The molecule has 2 heterocycles. The van der Waals surface area contributed by atoms with E-state index >= 15 is 0 Å². The first-order valence-electron chi connectivity index (χ1n) is 6.90. The van der Waals surface area contributed by atoms with E-state index in [0.29, 0.717) is 18.9 Å². The molecule has 1 saturated heterocycles. The summed E-state index contributed by atoms with van der Waals surface area (Å²) >= 11 is 0. The van der Waals surface area contributed by atoms with Gasteiger partial charge in [0.15, 0.2) is 6.04 Å². The smallest absolute Gasteiger partial charge is 0.249 e. The first kappa shape index (κ1) is 15.7. The number of anilines is 1. The fourth-order valence-electron chi connectivity index (χ4n) is 2.37. The summed E-state index contributed by atoms with van der Waals surface area (Å²) in [5.74, 6) is -2.22. The SMILES string of the molecule is NC(=O)C(NC(=O)[C@H]1CCCN(c2ncccn2)C1)C(N)=O. The second-order valence-corrected chi connectivity index (χ2v) is 5.08. The van der Waals surface area contributed by atoms with Gasteiger partial charge in [-0.05, 0) is 18.9 Å². The molecule has 0 aromatic carbocycles. The van der Waals surface area contributed by atoms with Crippen LogP contribution in [0.3, 0.4) is 0 Å². The molecule has 0 aliphatic carbocycles. The number of nitrogens with zero attached hydrogens (tertiary/aromatic N) is 3. The molecule has 0 unspecified atom stereocenters. The maximum Gasteiger partial charge on any atom is 0.249 e. The summed E-state index contributed by atoms with van der Waals surface area (Å²) in [5.41, 5.74) is 10.1. The van der Waals surface area contributed by atoms with Gasteiger partial charge in [0.05, 0.1) is 5.92 Å².